The normalized spacial score (nSPS) is 17.1. The molecule has 1 aliphatic rings. The minimum Gasteiger partial charge on any atom is -0.490 e. The number of hydrogen-bond donors (Lipinski definition) is 2. The standard InChI is InChI=1S/C10H16N4O2/c1-15-8-9(11)12-6-13-10(8)14-7-2-4-16-5-3-7/h6-7H,2-5H2,1H3,(H3,11,12,13,14). The number of nitrogens with one attached hydrogen (secondary N) is 1. The van der Waals surface area contributed by atoms with Crippen LogP contribution in [0, 0.1) is 0 Å². The maximum Gasteiger partial charge on any atom is 0.203 e. The van der Waals surface area contributed by atoms with Crippen LogP contribution in [0.4, 0.5) is 11.6 Å². The molecule has 0 aromatic carbocycles. The summed E-state index contributed by atoms with van der Waals surface area (Å²) >= 11 is 0. The number of rotatable bonds is 3. The molecule has 3 N–H and O–H groups in total. The SMILES string of the molecule is COc1c(N)ncnc1NC1CCOCC1. The number of aromatic nitrogens is 2. The van der Waals surface area contributed by atoms with E-state index in [0.717, 1.165) is 26.1 Å². The summed E-state index contributed by atoms with van der Waals surface area (Å²) in [7, 11) is 1.56. The second-order valence-electron chi connectivity index (χ2n) is 3.67. The maximum absolute atomic E-state index is 5.70. The summed E-state index contributed by atoms with van der Waals surface area (Å²) in [6.45, 7) is 1.56. The van der Waals surface area contributed by atoms with Crippen LogP contribution >= 0.6 is 0 Å². The summed E-state index contributed by atoms with van der Waals surface area (Å²) in [5.41, 5.74) is 5.70. The van der Waals surface area contributed by atoms with Gasteiger partial charge in [-0.2, -0.15) is 0 Å². The molecule has 0 amide bonds. The molecule has 1 saturated heterocycles. The summed E-state index contributed by atoms with van der Waals surface area (Å²) in [4.78, 5) is 8.02. The minimum absolute atomic E-state index is 0.354. The molecule has 0 radical (unpaired) electrons. The quantitative estimate of drug-likeness (QED) is 0.784. The molecule has 1 aromatic heterocycles. The van der Waals surface area contributed by atoms with E-state index in [2.05, 4.69) is 15.3 Å². The lowest BCUT2D eigenvalue weighted by Gasteiger charge is -2.24. The van der Waals surface area contributed by atoms with Crippen molar-refractivity contribution in [2.45, 2.75) is 18.9 Å². The Morgan fingerprint density at radius 3 is 2.88 bits per heavy atom. The second kappa shape index (κ2) is 4.98. The fourth-order valence-electron chi connectivity index (χ4n) is 1.73. The molecule has 0 aliphatic carbocycles. The molecule has 0 atom stereocenters. The van der Waals surface area contributed by atoms with E-state index in [1.54, 1.807) is 7.11 Å². The summed E-state index contributed by atoms with van der Waals surface area (Å²) < 4.78 is 10.5. The van der Waals surface area contributed by atoms with Gasteiger partial charge in [0.25, 0.3) is 0 Å². The van der Waals surface area contributed by atoms with Gasteiger partial charge in [-0.3, -0.25) is 0 Å². The van der Waals surface area contributed by atoms with Crippen molar-refractivity contribution in [3.05, 3.63) is 6.33 Å². The number of nitrogen functional groups attached to an aromatic ring is 1. The molecule has 16 heavy (non-hydrogen) atoms. The van der Waals surface area contributed by atoms with Crippen LogP contribution in [0.5, 0.6) is 5.75 Å². The number of methoxy groups -OCH3 is 1. The molecule has 0 bridgehead atoms. The van der Waals surface area contributed by atoms with Crippen LogP contribution in [0.25, 0.3) is 0 Å². The highest BCUT2D eigenvalue weighted by molar-refractivity contribution is 5.61. The number of anilines is 2. The fraction of sp³-hybridized carbons (Fsp3) is 0.600. The van der Waals surface area contributed by atoms with Gasteiger partial charge in [0, 0.05) is 19.3 Å². The van der Waals surface area contributed by atoms with Crippen molar-refractivity contribution in [2.75, 3.05) is 31.4 Å². The van der Waals surface area contributed by atoms with Crippen molar-refractivity contribution in [2.24, 2.45) is 0 Å². The highest BCUT2D eigenvalue weighted by Gasteiger charge is 2.17. The third-order valence-electron chi connectivity index (χ3n) is 2.60. The Hall–Kier alpha value is -1.56. The van der Waals surface area contributed by atoms with E-state index in [-0.39, 0.29) is 0 Å². The lowest BCUT2D eigenvalue weighted by atomic mass is 10.1. The molecular weight excluding hydrogens is 208 g/mol. The van der Waals surface area contributed by atoms with Gasteiger partial charge in [0.1, 0.15) is 6.33 Å². The van der Waals surface area contributed by atoms with Crippen LogP contribution in [-0.2, 0) is 4.74 Å². The first kappa shape index (κ1) is 10.9. The largest absolute Gasteiger partial charge is 0.490 e. The zero-order chi connectivity index (χ0) is 11.4. The monoisotopic (exact) mass is 224 g/mol. The molecule has 2 heterocycles. The van der Waals surface area contributed by atoms with Crippen LogP contribution in [0.1, 0.15) is 12.8 Å². The van der Waals surface area contributed by atoms with Crippen molar-refractivity contribution >= 4 is 11.6 Å². The Bertz CT molecular complexity index is 353. The van der Waals surface area contributed by atoms with Gasteiger partial charge in [-0.1, -0.05) is 0 Å². The molecule has 1 fully saturated rings. The van der Waals surface area contributed by atoms with Crippen LogP contribution in [0.3, 0.4) is 0 Å². The van der Waals surface area contributed by atoms with Gasteiger partial charge in [0.2, 0.25) is 5.75 Å². The fourth-order valence-corrected chi connectivity index (χ4v) is 1.73. The maximum atomic E-state index is 5.70. The predicted octanol–water partition coefficient (Wildman–Crippen LogP) is 0.658. The predicted molar refractivity (Wildman–Crippen MR) is 60.5 cm³/mol. The van der Waals surface area contributed by atoms with E-state index in [4.69, 9.17) is 15.2 Å². The lowest BCUT2D eigenvalue weighted by molar-refractivity contribution is 0.0903. The lowest BCUT2D eigenvalue weighted by Crippen LogP contribution is -2.28. The van der Waals surface area contributed by atoms with Gasteiger partial charge in [0.05, 0.1) is 7.11 Å². The van der Waals surface area contributed by atoms with Crippen molar-refractivity contribution in [3.63, 3.8) is 0 Å². The summed E-state index contributed by atoms with van der Waals surface area (Å²) in [6.07, 6.45) is 3.36. The molecule has 1 aromatic rings. The highest BCUT2D eigenvalue weighted by atomic mass is 16.5. The molecular formula is C10H16N4O2. The van der Waals surface area contributed by atoms with E-state index in [0.29, 0.717) is 23.4 Å². The van der Waals surface area contributed by atoms with E-state index in [1.807, 2.05) is 0 Å². The summed E-state index contributed by atoms with van der Waals surface area (Å²) in [5.74, 6) is 1.52. The Balaban J connectivity index is 2.10. The van der Waals surface area contributed by atoms with Gasteiger partial charge in [-0.15, -0.1) is 0 Å². The summed E-state index contributed by atoms with van der Waals surface area (Å²) in [6, 6.07) is 0.358. The van der Waals surface area contributed by atoms with Crippen LogP contribution < -0.4 is 15.8 Å². The number of nitrogens with two attached hydrogens (primary N) is 1. The van der Waals surface area contributed by atoms with Gasteiger partial charge in [-0.05, 0) is 12.8 Å². The third kappa shape index (κ3) is 2.33. The van der Waals surface area contributed by atoms with Crippen LogP contribution in [0.15, 0.2) is 6.33 Å². The average molecular weight is 224 g/mol. The van der Waals surface area contributed by atoms with Crippen LogP contribution in [-0.4, -0.2) is 36.3 Å². The molecule has 6 heteroatoms. The second-order valence-corrected chi connectivity index (χ2v) is 3.67. The first-order valence-corrected chi connectivity index (χ1v) is 5.30. The molecule has 6 nitrogen and oxygen atoms in total. The molecule has 1 aliphatic heterocycles. The minimum atomic E-state index is 0.354. The van der Waals surface area contributed by atoms with Crippen molar-refractivity contribution in [3.8, 4) is 5.75 Å². The van der Waals surface area contributed by atoms with Gasteiger partial charge in [-0.25, -0.2) is 9.97 Å². The van der Waals surface area contributed by atoms with E-state index < -0.39 is 0 Å². The molecule has 2 rings (SSSR count). The Labute approximate surface area is 94.2 Å². The molecule has 88 valence electrons. The molecule has 0 saturated carbocycles. The zero-order valence-corrected chi connectivity index (χ0v) is 9.27. The van der Waals surface area contributed by atoms with Gasteiger partial charge in [0.15, 0.2) is 11.6 Å². The zero-order valence-electron chi connectivity index (χ0n) is 9.27. The highest BCUT2D eigenvalue weighted by Crippen LogP contribution is 2.27. The van der Waals surface area contributed by atoms with E-state index >= 15 is 0 Å². The third-order valence-corrected chi connectivity index (χ3v) is 2.60. The topological polar surface area (TPSA) is 82.3 Å². The van der Waals surface area contributed by atoms with E-state index in [1.165, 1.54) is 6.33 Å². The van der Waals surface area contributed by atoms with Crippen LogP contribution in [0.2, 0.25) is 0 Å². The first-order chi connectivity index (χ1) is 7.81. The number of ether oxygens (including phenoxy) is 2. The average Bonchev–Trinajstić information content (AvgIpc) is 2.31. The Morgan fingerprint density at radius 1 is 1.44 bits per heavy atom. The number of nitrogens with zero attached hydrogens (tertiary/aromatic N) is 2. The molecule has 0 spiro atoms. The van der Waals surface area contributed by atoms with Gasteiger partial charge < -0.3 is 20.5 Å². The number of hydrogen-bond acceptors (Lipinski definition) is 6. The first-order valence-electron chi connectivity index (χ1n) is 5.30. The smallest absolute Gasteiger partial charge is 0.203 e. The van der Waals surface area contributed by atoms with E-state index in [9.17, 15) is 0 Å². The van der Waals surface area contributed by atoms with Gasteiger partial charge >= 0.3 is 0 Å². The summed E-state index contributed by atoms with van der Waals surface area (Å²) in [5, 5.41) is 3.31. The molecule has 0 unspecified atom stereocenters. The Morgan fingerprint density at radius 2 is 2.19 bits per heavy atom. The van der Waals surface area contributed by atoms with Crippen molar-refractivity contribution in [1.82, 2.24) is 9.97 Å². The van der Waals surface area contributed by atoms with Crippen molar-refractivity contribution in [1.29, 1.82) is 0 Å². The van der Waals surface area contributed by atoms with Crippen molar-refractivity contribution < 1.29 is 9.47 Å². The Kier molecular flexibility index (Phi) is 3.40.